The third-order valence-corrected chi connectivity index (χ3v) is 4.45. The number of carbonyl (C=O) groups excluding carboxylic acids is 2. The van der Waals surface area contributed by atoms with E-state index in [0.717, 1.165) is 0 Å². The molecule has 0 heterocycles. The van der Waals surface area contributed by atoms with E-state index in [9.17, 15) is 9.59 Å². The molecule has 7 nitrogen and oxygen atoms in total. The Morgan fingerprint density at radius 3 is 2.41 bits per heavy atom. The van der Waals surface area contributed by atoms with Gasteiger partial charge in [-0.05, 0) is 36.4 Å². The average Bonchev–Trinajstić information content (AvgIpc) is 2.70. The normalized spacial score (nSPS) is 11.2. The Hall–Kier alpha value is -2.95. The van der Waals surface area contributed by atoms with Crippen LogP contribution in [0.5, 0.6) is 5.75 Å². The number of ether oxygens (including phenoxy) is 2. The predicted octanol–water partition coefficient (Wildman–Crippen LogP) is 3.66. The molecular formula is C20H19Cl2N3O4. The van der Waals surface area contributed by atoms with Gasteiger partial charge in [0, 0.05) is 30.4 Å². The van der Waals surface area contributed by atoms with Crippen molar-refractivity contribution in [3.63, 3.8) is 0 Å². The molecule has 0 saturated carbocycles. The average molecular weight is 436 g/mol. The Labute approximate surface area is 178 Å². The van der Waals surface area contributed by atoms with Crippen LogP contribution in [0.3, 0.4) is 0 Å². The molecule has 0 spiro atoms. The number of carbonyl (C=O) groups is 2. The zero-order valence-corrected chi connectivity index (χ0v) is 17.5. The van der Waals surface area contributed by atoms with Gasteiger partial charge in [-0.1, -0.05) is 23.2 Å². The number of amides is 1. The number of nitrogens with one attached hydrogen (secondary N) is 1. The first kappa shape index (κ1) is 22.3. The quantitative estimate of drug-likeness (QED) is 0.667. The van der Waals surface area contributed by atoms with Crippen molar-refractivity contribution in [3.8, 4) is 11.8 Å². The summed E-state index contributed by atoms with van der Waals surface area (Å²) in [6.45, 7) is -0.272. The second kappa shape index (κ2) is 10.0. The second-order valence-electron chi connectivity index (χ2n) is 6.17. The fourth-order valence-corrected chi connectivity index (χ4v) is 2.96. The number of anilines is 1. The third-order valence-electron chi connectivity index (χ3n) is 3.95. The molecule has 1 unspecified atom stereocenters. The number of rotatable bonds is 7. The van der Waals surface area contributed by atoms with E-state index in [1.165, 1.54) is 24.1 Å². The summed E-state index contributed by atoms with van der Waals surface area (Å²) in [5, 5.41) is 12.4. The van der Waals surface area contributed by atoms with E-state index in [2.05, 4.69) is 5.32 Å². The van der Waals surface area contributed by atoms with E-state index in [1.54, 1.807) is 38.4 Å². The first-order valence-corrected chi connectivity index (χ1v) is 9.18. The lowest BCUT2D eigenvalue weighted by atomic mass is 10.0. The molecule has 1 amide bonds. The van der Waals surface area contributed by atoms with Crippen molar-refractivity contribution in [2.45, 2.75) is 6.04 Å². The standard InChI is InChI=1S/C20H19Cl2N3O4/c1-25(2)17(26)11-29-19-15(8-13(21)9-16(19)22)18(20(27)28-3)24-14-6-4-12(10-23)5-7-14/h4-9,18,24H,11H2,1-3H3. The Balaban J connectivity index is 2.44. The Morgan fingerprint density at radius 2 is 1.86 bits per heavy atom. The molecule has 0 saturated heterocycles. The van der Waals surface area contributed by atoms with Crippen LogP contribution in [0, 0.1) is 11.3 Å². The maximum absolute atomic E-state index is 12.5. The molecule has 0 fully saturated rings. The first-order valence-electron chi connectivity index (χ1n) is 8.43. The van der Waals surface area contributed by atoms with Crippen molar-refractivity contribution < 1.29 is 19.1 Å². The summed E-state index contributed by atoms with van der Waals surface area (Å²) in [6.07, 6.45) is 0. The topological polar surface area (TPSA) is 91.7 Å². The van der Waals surface area contributed by atoms with Crippen LogP contribution in [0.2, 0.25) is 10.0 Å². The number of halogens is 2. The monoisotopic (exact) mass is 435 g/mol. The van der Waals surface area contributed by atoms with Gasteiger partial charge in [0.15, 0.2) is 12.6 Å². The molecule has 29 heavy (non-hydrogen) atoms. The number of nitrogens with zero attached hydrogens (tertiary/aromatic N) is 2. The van der Waals surface area contributed by atoms with E-state index in [1.807, 2.05) is 6.07 Å². The van der Waals surface area contributed by atoms with Crippen LogP contribution < -0.4 is 10.1 Å². The van der Waals surface area contributed by atoms with Crippen molar-refractivity contribution in [2.24, 2.45) is 0 Å². The van der Waals surface area contributed by atoms with Gasteiger partial charge in [-0.15, -0.1) is 0 Å². The van der Waals surface area contributed by atoms with Crippen molar-refractivity contribution in [1.29, 1.82) is 5.26 Å². The van der Waals surface area contributed by atoms with Gasteiger partial charge in [0.05, 0.1) is 23.8 Å². The molecule has 0 aliphatic heterocycles. The Kier molecular flexibility index (Phi) is 7.71. The van der Waals surface area contributed by atoms with Crippen molar-refractivity contribution in [1.82, 2.24) is 4.90 Å². The highest BCUT2D eigenvalue weighted by Gasteiger charge is 2.27. The fraction of sp³-hybridized carbons (Fsp3) is 0.250. The van der Waals surface area contributed by atoms with Crippen molar-refractivity contribution >= 4 is 40.8 Å². The van der Waals surface area contributed by atoms with E-state index in [0.29, 0.717) is 16.8 Å². The van der Waals surface area contributed by atoms with Gasteiger partial charge < -0.3 is 19.7 Å². The number of nitriles is 1. The zero-order valence-electron chi connectivity index (χ0n) is 16.0. The fourth-order valence-electron chi connectivity index (χ4n) is 2.40. The number of methoxy groups -OCH3 is 1. The molecule has 2 rings (SSSR count). The number of esters is 1. The van der Waals surface area contributed by atoms with Gasteiger partial charge in [-0.3, -0.25) is 4.79 Å². The number of benzene rings is 2. The molecule has 2 aromatic carbocycles. The second-order valence-corrected chi connectivity index (χ2v) is 7.02. The van der Waals surface area contributed by atoms with Crippen LogP contribution in [-0.4, -0.2) is 44.6 Å². The highest BCUT2D eigenvalue weighted by Crippen LogP contribution is 2.38. The van der Waals surface area contributed by atoms with Crippen molar-refractivity contribution in [3.05, 3.63) is 57.6 Å². The number of hydrogen-bond acceptors (Lipinski definition) is 6. The molecule has 2 aromatic rings. The molecule has 1 N–H and O–H groups in total. The molecule has 0 bridgehead atoms. The van der Waals surface area contributed by atoms with Gasteiger partial charge in [0.2, 0.25) is 0 Å². The maximum Gasteiger partial charge on any atom is 0.333 e. The summed E-state index contributed by atoms with van der Waals surface area (Å²) in [5.74, 6) is -0.754. The lowest BCUT2D eigenvalue weighted by molar-refractivity contribution is -0.141. The molecule has 152 valence electrons. The highest BCUT2D eigenvalue weighted by atomic mass is 35.5. The van der Waals surface area contributed by atoms with Gasteiger partial charge in [-0.2, -0.15) is 5.26 Å². The summed E-state index contributed by atoms with van der Waals surface area (Å²) < 4.78 is 10.5. The lowest BCUT2D eigenvalue weighted by Gasteiger charge is -2.22. The summed E-state index contributed by atoms with van der Waals surface area (Å²) in [7, 11) is 4.44. The summed E-state index contributed by atoms with van der Waals surface area (Å²) in [5.41, 5.74) is 1.35. The Morgan fingerprint density at radius 1 is 1.21 bits per heavy atom. The molecular weight excluding hydrogens is 417 g/mol. The first-order chi connectivity index (χ1) is 13.8. The summed E-state index contributed by atoms with van der Waals surface area (Å²) in [6, 6.07) is 10.5. The minimum Gasteiger partial charge on any atom is -0.482 e. The lowest BCUT2D eigenvalue weighted by Crippen LogP contribution is -2.28. The van der Waals surface area contributed by atoms with Crippen molar-refractivity contribution in [2.75, 3.05) is 33.1 Å². The zero-order chi connectivity index (χ0) is 21.6. The van der Waals surface area contributed by atoms with Crippen LogP contribution in [-0.2, 0) is 14.3 Å². The predicted molar refractivity (Wildman–Crippen MR) is 110 cm³/mol. The highest BCUT2D eigenvalue weighted by molar-refractivity contribution is 6.35. The minimum atomic E-state index is -1.02. The number of likely N-dealkylation sites (N-methyl/N-ethyl adjacent to an activating group) is 1. The van der Waals surface area contributed by atoms with E-state index < -0.39 is 12.0 Å². The van der Waals surface area contributed by atoms with E-state index >= 15 is 0 Å². The minimum absolute atomic E-state index is 0.141. The number of hydrogen-bond donors (Lipinski definition) is 1. The molecule has 0 radical (unpaired) electrons. The van der Waals surface area contributed by atoms with E-state index in [4.69, 9.17) is 37.9 Å². The van der Waals surface area contributed by atoms with Crippen LogP contribution in [0.25, 0.3) is 0 Å². The molecule has 1 atom stereocenters. The van der Waals surface area contributed by atoms with Crippen LogP contribution in [0.4, 0.5) is 5.69 Å². The SMILES string of the molecule is COC(=O)C(Nc1ccc(C#N)cc1)c1cc(Cl)cc(Cl)c1OCC(=O)N(C)C. The maximum atomic E-state index is 12.5. The smallest absolute Gasteiger partial charge is 0.333 e. The van der Waals surface area contributed by atoms with E-state index in [-0.39, 0.29) is 28.3 Å². The van der Waals surface area contributed by atoms with Crippen LogP contribution >= 0.6 is 23.2 Å². The van der Waals surface area contributed by atoms with Crippen LogP contribution in [0.15, 0.2) is 36.4 Å². The Bertz CT molecular complexity index is 940. The van der Waals surface area contributed by atoms with Gasteiger partial charge in [0.1, 0.15) is 5.75 Å². The van der Waals surface area contributed by atoms with Gasteiger partial charge >= 0.3 is 5.97 Å². The molecule has 0 aliphatic rings. The third kappa shape index (κ3) is 5.76. The van der Waals surface area contributed by atoms with Gasteiger partial charge in [0.25, 0.3) is 5.91 Å². The molecule has 0 aliphatic carbocycles. The molecule has 0 aromatic heterocycles. The van der Waals surface area contributed by atoms with Crippen LogP contribution in [0.1, 0.15) is 17.2 Å². The molecule has 9 heteroatoms. The summed E-state index contributed by atoms with van der Waals surface area (Å²) >= 11 is 12.4. The van der Waals surface area contributed by atoms with Gasteiger partial charge in [-0.25, -0.2) is 4.79 Å². The summed E-state index contributed by atoms with van der Waals surface area (Å²) in [4.78, 5) is 25.8. The largest absolute Gasteiger partial charge is 0.482 e.